The molecule has 4 heteroatoms. The van der Waals surface area contributed by atoms with Crippen LogP contribution in [0.4, 0.5) is 4.39 Å². The summed E-state index contributed by atoms with van der Waals surface area (Å²) in [5.41, 5.74) is 1.77. The fraction of sp³-hybridized carbons (Fsp3) is 0.167. The summed E-state index contributed by atoms with van der Waals surface area (Å²) >= 11 is 0. The molecule has 82 valence electrons. The van der Waals surface area contributed by atoms with Gasteiger partial charge in [0.2, 0.25) is 0 Å². The molecule has 1 aromatic carbocycles. The number of rotatable bonds is 3. The van der Waals surface area contributed by atoms with Crippen molar-refractivity contribution in [2.75, 3.05) is 7.05 Å². The monoisotopic (exact) mass is 217 g/mol. The normalized spacial score (nSPS) is 12.4. The number of aromatic nitrogens is 2. The number of hydrogen-bond acceptors (Lipinski definition) is 3. The van der Waals surface area contributed by atoms with Gasteiger partial charge >= 0.3 is 0 Å². The van der Waals surface area contributed by atoms with Crippen LogP contribution in [-0.4, -0.2) is 17.0 Å². The Kier molecular flexibility index (Phi) is 3.22. The Labute approximate surface area is 93.4 Å². The lowest BCUT2D eigenvalue weighted by atomic mass is 10.0. The van der Waals surface area contributed by atoms with Crippen LogP contribution in [0.25, 0.3) is 0 Å². The van der Waals surface area contributed by atoms with Crippen LogP contribution in [0, 0.1) is 5.82 Å². The van der Waals surface area contributed by atoms with Crippen LogP contribution in [-0.2, 0) is 0 Å². The van der Waals surface area contributed by atoms with E-state index in [0.717, 1.165) is 11.1 Å². The lowest BCUT2D eigenvalue weighted by Crippen LogP contribution is -2.18. The molecule has 1 unspecified atom stereocenters. The second-order valence-electron chi connectivity index (χ2n) is 3.45. The van der Waals surface area contributed by atoms with Crippen molar-refractivity contribution >= 4 is 0 Å². The number of nitrogens with one attached hydrogen (secondary N) is 1. The van der Waals surface area contributed by atoms with Crippen molar-refractivity contribution in [3.05, 3.63) is 59.9 Å². The SMILES string of the molecule is CNC(c1cncnc1)c1cccc(F)c1. The van der Waals surface area contributed by atoms with Gasteiger partial charge in [0, 0.05) is 18.0 Å². The van der Waals surface area contributed by atoms with E-state index in [1.54, 1.807) is 18.5 Å². The first-order valence-corrected chi connectivity index (χ1v) is 4.99. The molecule has 0 radical (unpaired) electrons. The maximum absolute atomic E-state index is 13.1. The van der Waals surface area contributed by atoms with Gasteiger partial charge in [-0.2, -0.15) is 0 Å². The second kappa shape index (κ2) is 4.81. The molecule has 2 rings (SSSR count). The molecular formula is C12H12FN3. The fourth-order valence-electron chi connectivity index (χ4n) is 1.67. The average molecular weight is 217 g/mol. The first-order valence-electron chi connectivity index (χ1n) is 4.99. The van der Waals surface area contributed by atoms with Crippen LogP contribution in [0.15, 0.2) is 43.0 Å². The van der Waals surface area contributed by atoms with Gasteiger partial charge in [-0.25, -0.2) is 14.4 Å². The molecule has 1 heterocycles. The van der Waals surface area contributed by atoms with E-state index in [-0.39, 0.29) is 11.9 Å². The molecule has 1 atom stereocenters. The quantitative estimate of drug-likeness (QED) is 0.853. The van der Waals surface area contributed by atoms with Crippen molar-refractivity contribution in [1.29, 1.82) is 0 Å². The smallest absolute Gasteiger partial charge is 0.123 e. The summed E-state index contributed by atoms with van der Waals surface area (Å²) in [7, 11) is 1.82. The molecule has 0 saturated heterocycles. The average Bonchev–Trinajstić information content (AvgIpc) is 2.31. The largest absolute Gasteiger partial charge is 0.309 e. The Hall–Kier alpha value is -1.81. The van der Waals surface area contributed by atoms with E-state index >= 15 is 0 Å². The Morgan fingerprint density at radius 1 is 1.19 bits per heavy atom. The zero-order valence-corrected chi connectivity index (χ0v) is 8.89. The highest BCUT2D eigenvalue weighted by Gasteiger charge is 2.12. The maximum atomic E-state index is 13.1. The second-order valence-corrected chi connectivity index (χ2v) is 3.45. The van der Waals surface area contributed by atoms with Gasteiger partial charge in [0.05, 0.1) is 6.04 Å². The summed E-state index contributed by atoms with van der Waals surface area (Å²) in [6.45, 7) is 0. The van der Waals surface area contributed by atoms with Crippen molar-refractivity contribution < 1.29 is 4.39 Å². The van der Waals surface area contributed by atoms with E-state index in [9.17, 15) is 4.39 Å². The Morgan fingerprint density at radius 3 is 2.56 bits per heavy atom. The summed E-state index contributed by atoms with van der Waals surface area (Å²) < 4.78 is 13.1. The van der Waals surface area contributed by atoms with Gasteiger partial charge in [0.15, 0.2) is 0 Å². The zero-order chi connectivity index (χ0) is 11.4. The topological polar surface area (TPSA) is 37.8 Å². The van der Waals surface area contributed by atoms with Gasteiger partial charge in [0.1, 0.15) is 12.1 Å². The molecule has 2 aromatic rings. The molecule has 16 heavy (non-hydrogen) atoms. The highest BCUT2D eigenvalue weighted by atomic mass is 19.1. The third kappa shape index (κ3) is 2.23. The zero-order valence-electron chi connectivity index (χ0n) is 8.89. The van der Waals surface area contributed by atoms with Gasteiger partial charge in [-0.05, 0) is 24.7 Å². The molecule has 0 aliphatic carbocycles. The van der Waals surface area contributed by atoms with Crippen LogP contribution >= 0.6 is 0 Å². The first-order chi connectivity index (χ1) is 7.81. The lowest BCUT2D eigenvalue weighted by molar-refractivity contribution is 0.616. The molecule has 0 fully saturated rings. The standard InChI is InChI=1S/C12H12FN3/c1-14-12(10-6-15-8-16-7-10)9-3-2-4-11(13)5-9/h2-8,12,14H,1H3. The number of benzene rings is 1. The predicted molar refractivity (Wildman–Crippen MR) is 59.3 cm³/mol. The Morgan fingerprint density at radius 2 is 1.94 bits per heavy atom. The van der Waals surface area contributed by atoms with E-state index in [1.807, 2.05) is 13.1 Å². The van der Waals surface area contributed by atoms with Gasteiger partial charge < -0.3 is 5.32 Å². The van der Waals surface area contributed by atoms with Gasteiger partial charge in [-0.1, -0.05) is 12.1 Å². The highest BCUT2D eigenvalue weighted by Crippen LogP contribution is 2.20. The van der Waals surface area contributed by atoms with Crippen molar-refractivity contribution in [2.45, 2.75) is 6.04 Å². The van der Waals surface area contributed by atoms with E-state index in [2.05, 4.69) is 15.3 Å². The minimum absolute atomic E-state index is 0.0862. The molecule has 0 amide bonds. The van der Waals surface area contributed by atoms with Crippen LogP contribution in [0.2, 0.25) is 0 Å². The van der Waals surface area contributed by atoms with Gasteiger partial charge in [-0.3, -0.25) is 0 Å². The lowest BCUT2D eigenvalue weighted by Gasteiger charge is -2.16. The maximum Gasteiger partial charge on any atom is 0.123 e. The predicted octanol–water partition coefficient (Wildman–Crippen LogP) is 1.92. The van der Waals surface area contributed by atoms with Crippen molar-refractivity contribution in [3.63, 3.8) is 0 Å². The molecule has 0 aliphatic heterocycles. The molecule has 0 bridgehead atoms. The summed E-state index contributed by atoms with van der Waals surface area (Å²) in [4.78, 5) is 7.91. The number of halogens is 1. The molecule has 3 nitrogen and oxygen atoms in total. The van der Waals surface area contributed by atoms with Crippen molar-refractivity contribution in [1.82, 2.24) is 15.3 Å². The van der Waals surface area contributed by atoms with E-state index in [4.69, 9.17) is 0 Å². The van der Waals surface area contributed by atoms with Crippen molar-refractivity contribution in [2.24, 2.45) is 0 Å². The van der Waals surface area contributed by atoms with Crippen molar-refractivity contribution in [3.8, 4) is 0 Å². The van der Waals surface area contributed by atoms with E-state index in [0.29, 0.717) is 0 Å². The number of hydrogen-bond donors (Lipinski definition) is 1. The summed E-state index contributed by atoms with van der Waals surface area (Å²) in [6, 6.07) is 6.42. The third-order valence-corrected chi connectivity index (χ3v) is 2.38. The number of nitrogens with zero attached hydrogens (tertiary/aromatic N) is 2. The van der Waals surface area contributed by atoms with Crippen LogP contribution in [0.3, 0.4) is 0 Å². The first kappa shape index (κ1) is 10.7. The van der Waals surface area contributed by atoms with Crippen LogP contribution in [0.5, 0.6) is 0 Å². The molecule has 1 aromatic heterocycles. The van der Waals surface area contributed by atoms with Gasteiger partial charge in [-0.15, -0.1) is 0 Å². The minimum atomic E-state index is -0.241. The summed E-state index contributed by atoms with van der Waals surface area (Å²) in [5, 5.41) is 3.12. The molecule has 0 spiro atoms. The molecule has 0 aliphatic rings. The Balaban J connectivity index is 2.37. The Bertz CT molecular complexity index is 459. The molecule has 1 N–H and O–H groups in total. The third-order valence-electron chi connectivity index (χ3n) is 2.38. The van der Waals surface area contributed by atoms with Gasteiger partial charge in [0.25, 0.3) is 0 Å². The van der Waals surface area contributed by atoms with Crippen LogP contribution in [0.1, 0.15) is 17.2 Å². The summed E-state index contributed by atoms with van der Waals surface area (Å²) in [6.07, 6.45) is 4.92. The van der Waals surface area contributed by atoms with Crippen LogP contribution < -0.4 is 5.32 Å². The summed E-state index contributed by atoms with van der Waals surface area (Å²) in [5.74, 6) is -0.241. The highest BCUT2D eigenvalue weighted by molar-refractivity contribution is 5.28. The fourth-order valence-corrected chi connectivity index (χ4v) is 1.67. The van der Waals surface area contributed by atoms with E-state index < -0.39 is 0 Å². The molecular weight excluding hydrogens is 205 g/mol. The molecule has 0 saturated carbocycles. The minimum Gasteiger partial charge on any atom is -0.309 e. The van der Waals surface area contributed by atoms with E-state index in [1.165, 1.54) is 18.5 Å².